The minimum absolute atomic E-state index is 0.0977. The lowest BCUT2D eigenvalue weighted by Crippen LogP contribution is -2.08. The molecule has 1 fully saturated rings. The molecule has 3 aromatic rings. The lowest BCUT2D eigenvalue weighted by Gasteiger charge is -2.09. The maximum absolute atomic E-state index is 13.1. The average Bonchev–Trinajstić information content (AvgIpc) is 3.37. The van der Waals surface area contributed by atoms with Gasteiger partial charge in [0.1, 0.15) is 22.5 Å². The zero-order valence-corrected chi connectivity index (χ0v) is 15.6. The molecule has 3 heterocycles. The van der Waals surface area contributed by atoms with Gasteiger partial charge in [-0.2, -0.15) is 4.98 Å². The molecular formula is C18H19FN6OS. The Balaban J connectivity index is 1.36. The minimum atomic E-state index is -0.746. The van der Waals surface area contributed by atoms with Gasteiger partial charge in [0, 0.05) is 29.8 Å². The van der Waals surface area contributed by atoms with E-state index in [0.29, 0.717) is 36.7 Å². The fourth-order valence-corrected chi connectivity index (χ4v) is 3.50. The van der Waals surface area contributed by atoms with Gasteiger partial charge in [-0.15, -0.1) is 10.2 Å². The first-order chi connectivity index (χ1) is 13.2. The molecule has 0 unspecified atom stereocenters. The van der Waals surface area contributed by atoms with Gasteiger partial charge in [0.2, 0.25) is 5.88 Å². The monoisotopic (exact) mass is 386 g/mol. The first kappa shape index (κ1) is 17.7. The Labute approximate surface area is 160 Å². The van der Waals surface area contributed by atoms with E-state index in [1.807, 2.05) is 25.1 Å². The van der Waals surface area contributed by atoms with Crippen molar-refractivity contribution in [3.05, 3.63) is 52.0 Å². The molecule has 27 heavy (non-hydrogen) atoms. The molecule has 2 atom stereocenters. The zero-order valence-electron chi connectivity index (χ0n) is 14.8. The molecule has 0 aliphatic heterocycles. The van der Waals surface area contributed by atoms with Crippen molar-refractivity contribution in [2.75, 3.05) is 11.9 Å². The maximum Gasteiger partial charge on any atom is 0.218 e. The maximum atomic E-state index is 13.1. The SMILES string of the molecule is Cc1nnc(CNc2cc(OC[C@H]3C[C@@H]3c3ccccn3)nc(CF)n2)s1. The van der Waals surface area contributed by atoms with Crippen LogP contribution in [0.15, 0.2) is 30.5 Å². The number of nitrogens with one attached hydrogen (secondary N) is 1. The Morgan fingerprint density at radius 2 is 2.22 bits per heavy atom. The highest BCUT2D eigenvalue weighted by Gasteiger charge is 2.39. The summed E-state index contributed by atoms with van der Waals surface area (Å²) >= 11 is 1.50. The molecule has 140 valence electrons. The van der Waals surface area contributed by atoms with Crippen LogP contribution < -0.4 is 10.1 Å². The Morgan fingerprint density at radius 1 is 1.30 bits per heavy atom. The summed E-state index contributed by atoms with van der Waals surface area (Å²) in [5, 5.41) is 12.9. The van der Waals surface area contributed by atoms with E-state index in [1.54, 1.807) is 12.3 Å². The van der Waals surface area contributed by atoms with Crippen LogP contribution in [0.1, 0.15) is 33.9 Å². The van der Waals surface area contributed by atoms with Gasteiger partial charge >= 0.3 is 0 Å². The molecule has 0 bridgehead atoms. The van der Waals surface area contributed by atoms with Crippen LogP contribution in [0.2, 0.25) is 0 Å². The first-order valence-corrected chi connectivity index (χ1v) is 9.53. The number of aryl methyl sites for hydroxylation is 1. The predicted octanol–water partition coefficient (Wildman–Crippen LogP) is 3.30. The Kier molecular flexibility index (Phi) is 5.19. The summed E-state index contributed by atoms with van der Waals surface area (Å²) in [6, 6.07) is 7.63. The average molecular weight is 386 g/mol. The van der Waals surface area contributed by atoms with E-state index >= 15 is 0 Å². The van der Waals surface area contributed by atoms with Crippen molar-refractivity contribution < 1.29 is 9.13 Å². The topological polar surface area (TPSA) is 85.7 Å². The van der Waals surface area contributed by atoms with Crippen LogP contribution in [0.4, 0.5) is 10.2 Å². The number of nitrogens with zero attached hydrogens (tertiary/aromatic N) is 5. The standard InChI is InChI=1S/C18H19FN6OS/c1-11-24-25-18(27-11)9-21-15-7-17(23-16(8-19)22-15)26-10-12-6-13(12)14-4-2-3-5-20-14/h2-5,7,12-13H,6,8-10H2,1H3,(H,21,22,23)/t12-,13+/m1/s1. The van der Waals surface area contributed by atoms with E-state index in [4.69, 9.17) is 4.74 Å². The van der Waals surface area contributed by atoms with Crippen molar-refractivity contribution in [2.45, 2.75) is 32.5 Å². The predicted molar refractivity (Wildman–Crippen MR) is 99.4 cm³/mol. The highest BCUT2D eigenvalue weighted by Crippen LogP contribution is 2.46. The highest BCUT2D eigenvalue weighted by molar-refractivity contribution is 7.11. The van der Waals surface area contributed by atoms with Crippen LogP contribution in [-0.2, 0) is 13.2 Å². The summed E-state index contributed by atoms with van der Waals surface area (Å²) in [7, 11) is 0. The van der Waals surface area contributed by atoms with Crippen molar-refractivity contribution in [3.63, 3.8) is 0 Å². The van der Waals surface area contributed by atoms with Crippen molar-refractivity contribution in [2.24, 2.45) is 5.92 Å². The number of halogens is 1. The lowest BCUT2D eigenvalue weighted by atomic mass is 10.2. The molecule has 0 aromatic carbocycles. The number of rotatable bonds is 8. The Morgan fingerprint density at radius 3 is 2.96 bits per heavy atom. The van der Waals surface area contributed by atoms with Gasteiger partial charge in [-0.25, -0.2) is 9.37 Å². The van der Waals surface area contributed by atoms with E-state index in [2.05, 4.69) is 30.5 Å². The molecule has 0 radical (unpaired) electrons. The summed E-state index contributed by atoms with van der Waals surface area (Å²) in [4.78, 5) is 12.7. The van der Waals surface area contributed by atoms with Crippen LogP contribution in [-0.4, -0.2) is 31.8 Å². The van der Waals surface area contributed by atoms with Crippen LogP contribution in [0.25, 0.3) is 0 Å². The number of ether oxygens (including phenoxy) is 1. The molecule has 0 amide bonds. The fourth-order valence-electron chi connectivity index (χ4n) is 2.85. The van der Waals surface area contributed by atoms with E-state index in [0.717, 1.165) is 22.1 Å². The van der Waals surface area contributed by atoms with Crippen LogP contribution in [0.3, 0.4) is 0 Å². The van der Waals surface area contributed by atoms with E-state index in [1.165, 1.54) is 11.3 Å². The lowest BCUT2D eigenvalue weighted by molar-refractivity contribution is 0.282. The van der Waals surface area contributed by atoms with Crippen molar-refractivity contribution in [3.8, 4) is 5.88 Å². The zero-order chi connectivity index (χ0) is 18.6. The molecular weight excluding hydrogens is 367 g/mol. The van der Waals surface area contributed by atoms with Crippen molar-refractivity contribution in [1.82, 2.24) is 25.1 Å². The van der Waals surface area contributed by atoms with Crippen LogP contribution >= 0.6 is 11.3 Å². The molecule has 0 spiro atoms. The van der Waals surface area contributed by atoms with E-state index in [-0.39, 0.29) is 5.82 Å². The van der Waals surface area contributed by atoms with Crippen molar-refractivity contribution >= 4 is 17.2 Å². The second kappa shape index (κ2) is 7.91. The summed E-state index contributed by atoms with van der Waals surface area (Å²) in [6.07, 6.45) is 2.85. The Bertz CT molecular complexity index is 906. The fraction of sp³-hybridized carbons (Fsp3) is 0.389. The number of aromatic nitrogens is 5. The van der Waals surface area contributed by atoms with Gasteiger partial charge in [0.25, 0.3) is 0 Å². The van der Waals surface area contributed by atoms with Gasteiger partial charge in [-0.05, 0) is 25.5 Å². The number of alkyl halides is 1. The van der Waals surface area contributed by atoms with Gasteiger partial charge < -0.3 is 10.1 Å². The third kappa shape index (κ3) is 4.54. The third-order valence-corrected chi connectivity index (χ3v) is 5.13. The molecule has 1 saturated carbocycles. The highest BCUT2D eigenvalue weighted by atomic mass is 32.1. The second-order valence-electron chi connectivity index (χ2n) is 6.38. The van der Waals surface area contributed by atoms with E-state index < -0.39 is 6.67 Å². The third-order valence-electron chi connectivity index (χ3n) is 4.29. The molecule has 1 aliphatic rings. The van der Waals surface area contributed by atoms with Crippen molar-refractivity contribution in [1.29, 1.82) is 0 Å². The second-order valence-corrected chi connectivity index (χ2v) is 7.64. The Hall–Kier alpha value is -2.68. The van der Waals surface area contributed by atoms with E-state index in [9.17, 15) is 4.39 Å². The normalized spacial score (nSPS) is 18.3. The molecule has 3 aromatic heterocycles. The molecule has 1 aliphatic carbocycles. The molecule has 4 rings (SSSR count). The molecule has 0 saturated heterocycles. The first-order valence-electron chi connectivity index (χ1n) is 8.72. The van der Waals surface area contributed by atoms with Gasteiger partial charge in [-0.3, -0.25) is 4.98 Å². The summed E-state index contributed by atoms with van der Waals surface area (Å²) in [6.45, 7) is 2.15. The van der Waals surface area contributed by atoms with Crippen LogP contribution in [0, 0.1) is 12.8 Å². The summed E-state index contributed by atoms with van der Waals surface area (Å²) in [5.74, 6) is 1.81. The number of anilines is 1. The molecule has 9 heteroatoms. The quantitative estimate of drug-likeness (QED) is 0.636. The largest absolute Gasteiger partial charge is 0.477 e. The number of hydrogen-bond donors (Lipinski definition) is 1. The molecule has 1 N–H and O–H groups in total. The summed E-state index contributed by atoms with van der Waals surface area (Å²) < 4.78 is 18.9. The van der Waals surface area contributed by atoms with Gasteiger partial charge in [-0.1, -0.05) is 17.4 Å². The molecule has 7 nitrogen and oxygen atoms in total. The summed E-state index contributed by atoms with van der Waals surface area (Å²) in [5.41, 5.74) is 1.09. The van der Waals surface area contributed by atoms with Gasteiger partial charge in [0.05, 0.1) is 13.2 Å². The number of hydrogen-bond acceptors (Lipinski definition) is 8. The smallest absolute Gasteiger partial charge is 0.218 e. The minimum Gasteiger partial charge on any atom is -0.477 e. The number of pyridine rings is 1. The van der Waals surface area contributed by atoms with Gasteiger partial charge in [0.15, 0.2) is 5.82 Å². The van der Waals surface area contributed by atoms with Crippen LogP contribution in [0.5, 0.6) is 5.88 Å².